The Balaban J connectivity index is 1.69. The Labute approximate surface area is 133 Å². The third kappa shape index (κ3) is 3.36. The molecule has 0 unspecified atom stereocenters. The van der Waals surface area contributed by atoms with Gasteiger partial charge in [-0.1, -0.05) is 0 Å². The molecule has 2 aromatic carbocycles. The van der Waals surface area contributed by atoms with Crippen molar-refractivity contribution in [3.05, 3.63) is 36.4 Å². The highest BCUT2D eigenvalue weighted by Crippen LogP contribution is 2.34. The zero-order chi connectivity index (χ0) is 16.4. The van der Waals surface area contributed by atoms with Gasteiger partial charge in [0.05, 0.1) is 0 Å². The summed E-state index contributed by atoms with van der Waals surface area (Å²) in [7, 11) is 0. The first-order valence-corrected chi connectivity index (χ1v) is 7.40. The Hall–Kier alpha value is -2.76. The molecule has 1 saturated carbocycles. The summed E-state index contributed by atoms with van der Waals surface area (Å²) in [5, 5.41) is 37.7. The average Bonchev–Trinajstić information content (AvgIpc) is 2.94. The topological polar surface area (TPSA) is 99.4 Å². The second-order valence-corrected chi connectivity index (χ2v) is 5.54. The predicted octanol–water partition coefficient (Wildman–Crippen LogP) is 2.89. The van der Waals surface area contributed by atoms with Crippen molar-refractivity contribution in [3.63, 3.8) is 0 Å². The summed E-state index contributed by atoms with van der Waals surface area (Å²) in [5.41, 5.74) is 0. The molecule has 2 atom stereocenters. The SMILES string of the molecule is Oc1ccc(O[C@H]2CCC[C@@H]2Oc2ccc(O)c(O)c2)cc1O. The molecule has 0 bridgehead atoms. The van der Waals surface area contributed by atoms with Crippen molar-refractivity contribution in [2.24, 2.45) is 0 Å². The lowest BCUT2D eigenvalue weighted by Gasteiger charge is -2.22. The van der Waals surface area contributed by atoms with Crippen LogP contribution in [-0.4, -0.2) is 32.6 Å². The van der Waals surface area contributed by atoms with Gasteiger partial charge < -0.3 is 29.9 Å². The Morgan fingerprint density at radius 3 is 1.48 bits per heavy atom. The van der Waals surface area contributed by atoms with E-state index in [4.69, 9.17) is 9.47 Å². The minimum absolute atomic E-state index is 0.198. The first kappa shape index (κ1) is 15.1. The summed E-state index contributed by atoms with van der Waals surface area (Å²) in [6.07, 6.45) is 2.14. The van der Waals surface area contributed by atoms with Gasteiger partial charge in [0, 0.05) is 12.1 Å². The van der Waals surface area contributed by atoms with Crippen LogP contribution < -0.4 is 9.47 Å². The largest absolute Gasteiger partial charge is 0.504 e. The van der Waals surface area contributed by atoms with Crippen LogP contribution in [0.5, 0.6) is 34.5 Å². The minimum Gasteiger partial charge on any atom is -0.504 e. The van der Waals surface area contributed by atoms with Crippen LogP contribution in [0.1, 0.15) is 19.3 Å². The number of phenolic OH excluding ortho intramolecular Hbond substituents is 4. The van der Waals surface area contributed by atoms with Gasteiger partial charge in [-0.25, -0.2) is 0 Å². The van der Waals surface area contributed by atoms with Crippen LogP contribution in [0.2, 0.25) is 0 Å². The van der Waals surface area contributed by atoms with Gasteiger partial charge in [0.1, 0.15) is 23.7 Å². The Morgan fingerprint density at radius 1 is 0.652 bits per heavy atom. The molecule has 1 aliphatic rings. The van der Waals surface area contributed by atoms with Gasteiger partial charge in [-0.05, 0) is 43.5 Å². The van der Waals surface area contributed by atoms with Crippen molar-refractivity contribution in [1.82, 2.24) is 0 Å². The maximum Gasteiger partial charge on any atom is 0.161 e. The van der Waals surface area contributed by atoms with E-state index < -0.39 is 0 Å². The van der Waals surface area contributed by atoms with Crippen molar-refractivity contribution in [3.8, 4) is 34.5 Å². The van der Waals surface area contributed by atoms with Gasteiger partial charge in [-0.15, -0.1) is 0 Å². The summed E-state index contributed by atoms with van der Waals surface area (Å²) >= 11 is 0. The number of rotatable bonds is 4. The van der Waals surface area contributed by atoms with E-state index in [-0.39, 0.29) is 35.2 Å². The highest BCUT2D eigenvalue weighted by atomic mass is 16.5. The smallest absolute Gasteiger partial charge is 0.161 e. The van der Waals surface area contributed by atoms with Crippen molar-refractivity contribution >= 4 is 0 Å². The molecule has 0 radical (unpaired) electrons. The normalized spacial score (nSPS) is 20.3. The van der Waals surface area contributed by atoms with E-state index in [9.17, 15) is 20.4 Å². The molecular formula is C17H18O6. The van der Waals surface area contributed by atoms with Gasteiger partial charge in [-0.3, -0.25) is 0 Å². The summed E-state index contributed by atoms with van der Waals surface area (Å²) in [4.78, 5) is 0. The van der Waals surface area contributed by atoms with Crippen LogP contribution in [-0.2, 0) is 0 Å². The minimum atomic E-state index is -0.235. The van der Waals surface area contributed by atoms with Crippen LogP contribution in [0.15, 0.2) is 36.4 Å². The monoisotopic (exact) mass is 318 g/mol. The van der Waals surface area contributed by atoms with E-state index >= 15 is 0 Å². The summed E-state index contributed by atoms with van der Waals surface area (Å²) in [6, 6.07) is 8.61. The number of benzene rings is 2. The van der Waals surface area contributed by atoms with Crippen LogP contribution >= 0.6 is 0 Å². The molecule has 1 aliphatic carbocycles. The van der Waals surface area contributed by atoms with E-state index in [1.807, 2.05) is 0 Å². The van der Waals surface area contributed by atoms with Crippen molar-refractivity contribution in [1.29, 1.82) is 0 Å². The zero-order valence-corrected chi connectivity index (χ0v) is 12.3. The lowest BCUT2D eigenvalue weighted by molar-refractivity contribution is 0.0775. The van der Waals surface area contributed by atoms with Crippen molar-refractivity contribution in [2.45, 2.75) is 31.5 Å². The fraction of sp³-hybridized carbons (Fsp3) is 0.294. The zero-order valence-electron chi connectivity index (χ0n) is 12.3. The lowest BCUT2D eigenvalue weighted by Crippen LogP contribution is -2.31. The molecule has 122 valence electrons. The molecular weight excluding hydrogens is 300 g/mol. The van der Waals surface area contributed by atoms with E-state index in [0.29, 0.717) is 11.5 Å². The van der Waals surface area contributed by atoms with Crippen molar-refractivity contribution < 1.29 is 29.9 Å². The van der Waals surface area contributed by atoms with E-state index in [2.05, 4.69) is 0 Å². The summed E-state index contributed by atoms with van der Waals surface area (Å²) < 4.78 is 11.7. The maximum atomic E-state index is 9.52. The summed E-state index contributed by atoms with van der Waals surface area (Å²) in [5.74, 6) is 0.0406. The predicted molar refractivity (Wildman–Crippen MR) is 82.2 cm³/mol. The van der Waals surface area contributed by atoms with Gasteiger partial charge in [0.15, 0.2) is 23.0 Å². The fourth-order valence-corrected chi connectivity index (χ4v) is 2.66. The third-order valence-electron chi connectivity index (χ3n) is 3.86. The van der Waals surface area contributed by atoms with Gasteiger partial charge >= 0.3 is 0 Å². The molecule has 2 aromatic rings. The molecule has 3 rings (SSSR count). The summed E-state index contributed by atoms with van der Waals surface area (Å²) in [6.45, 7) is 0. The number of ether oxygens (including phenoxy) is 2. The highest BCUT2D eigenvalue weighted by Gasteiger charge is 2.31. The Bertz CT molecular complexity index is 640. The van der Waals surface area contributed by atoms with Crippen LogP contribution in [0.3, 0.4) is 0 Å². The van der Waals surface area contributed by atoms with E-state index in [1.165, 1.54) is 24.3 Å². The average molecular weight is 318 g/mol. The molecule has 1 fully saturated rings. The number of hydrogen-bond donors (Lipinski definition) is 4. The van der Waals surface area contributed by atoms with Crippen LogP contribution in [0, 0.1) is 0 Å². The number of aromatic hydroxyl groups is 4. The molecule has 0 heterocycles. The fourth-order valence-electron chi connectivity index (χ4n) is 2.66. The molecule has 0 amide bonds. The maximum absolute atomic E-state index is 9.52. The molecule has 6 nitrogen and oxygen atoms in total. The van der Waals surface area contributed by atoms with Crippen LogP contribution in [0.25, 0.3) is 0 Å². The Kier molecular flexibility index (Phi) is 4.06. The molecule has 0 aromatic heterocycles. The second kappa shape index (κ2) is 6.16. The third-order valence-corrected chi connectivity index (χ3v) is 3.86. The van der Waals surface area contributed by atoms with Crippen molar-refractivity contribution in [2.75, 3.05) is 0 Å². The van der Waals surface area contributed by atoms with Crippen LogP contribution in [0.4, 0.5) is 0 Å². The molecule has 6 heteroatoms. The van der Waals surface area contributed by atoms with Gasteiger partial charge in [-0.2, -0.15) is 0 Å². The molecule has 4 N–H and O–H groups in total. The Morgan fingerprint density at radius 2 is 1.09 bits per heavy atom. The lowest BCUT2D eigenvalue weighted by atomic mass is 10.2. The number of hydrogen-bond acceptors (Lipinski definition) is 6. The highest BCUT2D eigenvalue weighted by molar-refractivity contribution is 5.44. The molecule has 0 aliphatic heterocycles. The quantitative estimate of drug-likeness (QED) is 0.647. The van der Waals surface area contributed by atoms with Gasteiger partial charge in [0.25, 0.3) is 0 Å². The van der Waals surface area contributed by atoms with Gasteiger partial charge in [0.2, 0.25) is 0 Å². The molecule has 0 spiro atoms. The molecule has 23 heavy (non-hydrogen) atoms. The number of phenols is 4. The second-order valence-electron chi connectivity index (χ2n) is 5.54. The first-order chi connectivity index (χ1) is 11.0. The van der Waals surface area contributed by atoms with E-state index in [0.717, 1.165) is 19.3 Å². The van der Waals surface area contributed by atoms with E-state index in [1.54, 1.807) is 12.1 Å². The molecule has 0 saturated heterocycles. The standard InChI is InChI=1S/C17H18O6/c18-12-6-4-10(8-14(12)20)22-16-2-1-3-17(16)23-11-5-7-13(19)15(21)9-11/h4-9,16-21H,1-3H2/t16-,17-/m0/s1. The first-order valence-electron chi connectivity index (χ1n) is 7.40.